The van der Waals surface area contributed by atoms with Crippen LogP contribution in [0.1, 0.15) is 61.6 Å². The molecule has 5 heteroatoms. The van der Waals surface area contributed by atoms with Crippen LogP contribution >= 0.6 is 0 Å². The first-order chi connectivity index (χ1) is 15.4. The molecule has 2 nitrogen and oxygen atoms in total. The lowest BCUT2D eigenvalue weighted by molar-refractivity contribution is -0.138. The number of benzene rings is 2. The lowest BCUT2D eigenvalue weighted by atomic mass is 9.62. The molecule has 3 rings (SSSR count). The summed E-state index contributed by atoms with van der Waals surface area (Å²) in [5, 5.41) is 10.4. The molecule has 0 saturated heterocycles. The van der Waals surface area contributed by atoms with Crippen molar-refractivity contribution < 1.29 is 13.2 Å². The first-order valence-electron chi connectivity index (χ1n) is 11.7. The molecular formula is C27H33F3N2. The summed E-state index contributed by atoms with van der Waals surface area (Å²) in [6.07, 6.45) is 2.34. The summed E-state index contributed by atoms with van der Waals surface area (Å²) in [5.41, 5.74) is -0.294. The third kappa shape index (κ3) is 5.92. The van der Waals surface area contributed by atoms with Gasteiger partial charge in [-0.1, -0.05) is 67.8 Å². The first-order valence-corrected chi connectivity index (χ1v) is 11.7. The van der Waals surface area contributed by atoms with E-state index in [-0.39, 0.29) is 11.5 Å². The molecule has 1 saturated carbocycles. The molecule has 0 aromatic heterocycles. The van der Waals surface area contributed by atoms with Gasteiger partial charge in [-0.15, -0.1) is 0 Å². The predicted octanol–water partition coefficient (Wildman–Crippen LogP) is 7.00. The first kappa shape index (κ1) is 24.3. The SMILES string of the molecule is CN(CCCC(C#N)(c1ccccc1C(F)(F)F)C1CCCCC1)CCc1ccccc1. The van der Waals surface area contributed by atoms with Gasteiger partial charge in [0, 0.05) is 6.54 Å². The van der Waals surface area contributed by atoms with Gasteiger partial charge < -0.3 is 4.90 Å². The van der Waals surface area contributed by atoms with Crippen LogP contribution in [-0.4, -0.2) is 25.0 Å². The number of hydrogen-bond acceptors (Lipinski definition) is 2. The van der Waals surface area contributed by atoms with Gasteiger partial charge in [0.1, 0.15) is 0 Å². The Kier molecular flexibility index (Phi) is 8.37. The number of halogens is 3. The van der Waals surface area contributed by atoms with E-state index >= 15 is 0 Å². The summed E-state index contributed by atoms with van der Waals surface area (Å²) in [6, 6.07) is 18.4. The van der Waals surface area contributed by atoms with Crippen molar-refractivity contribution in [3.63, 3.8) is 0 Å². The van der Waals surface area contributed by atoms with E-state index < -0.39 is 17.2 Å². The highest BCUT2D eigenvalue weighted by atomic mass is 19.4. The molecular weight excluding hydrogens is 409 g/mol. The van der Waals surface area contributed by atoms with Gasteiger partial charge in [-0.05, 0) is 68.8 Å². The van der Waals surface area contributed by atoms with Gasteiger partial charge in [-0.2, -0.15) is 18.4 Å². The summed E-state index contributed by atoms with van der Waals surface area (Å²) >= 11 is 0. The zero-order valence-electron chi connectivity index (χ0n) is 18.9. The molecule has 1 unspecified atom stereocenters. The summed E-state index contributed by atoms with van der Waals surface area (Å²) in [7, 11) is 2.04. The standard InChI is InChI=1S/C27H33F3N2/c1-32(20-17-22-11-4-2-5-12-22)19-10-18-26(21-31,23-13-6-3-7-14-23)24-15-8-9-16-25(24)27(28,29)30/h2,4-5,8-9,11-12,15-16,23H,3,6-7,10,13-14,17-20H2,1H3. The third-order valence-corrected chi connectivity index (χ3v) is 6.95. The molecule has 1 fully saturated rings. The van der Waals surface area contributed by atoms with Crippen molar-refractivity contribution in [2.24, 2.45) is 5.92 Å². The molecule has 1 aliphatic rings. The fraction of sp³-hybridized carbons (Fsp3) is 0.519. The fourth-order valence-electron chi connectivity index (χ4n) is 5.19. The minimum atomic E-state index is -4.46. The molecule has 0 aliphatic heterocycles. The maximum Gasteiger partial charge on any atom is 0.416 e. The quantitative estimate of drug-likeness (QED) is 0.418. The largest absolute Gasteiger partial charge is 0.416 e. The highest BCUT2D eigenvalue weighted by Crippen LogP contribution is 2.48. The Hall–Kier alpha value is -2.32. The Morgan fingerprint density at radius 1 is 0.906 bits per heavy atom. The number of nitriles is 1. The predicted molar refractivity (Wildman–Crippen MR) is 122 cm³/mol. The molecule has 1 atom stereocenters. The Bertz CT molecular complexity index is 882. The van der Waals surface area contributed by atoms with E-state index in [0.29, 0.717) is 12.8 Å². The van der Waals surface area contributed by atoms with Gasteiger partial charge >= 0.3 is 6.18 Å². The smallest absolute Gasteiger partial charge is 0.306 e. The third-order valence-electron chi connectivity index (χ3n) is 6.95. The molecule has 0 amide bonds. The van der Waals surface area contributed by atoms with Crippen LogP contribution in [-0.2, 0) is 18.0 Å². The number of likely N-dealkylation sites (N-methyl/N-ethyl adjacent to an activating group) is 1. The summed E-state index contributed by atoms with van der Waals surface area (Å²) in [5.74, 6) is -0.0284. The summed E-state index contributed by atoms with van der Waals surface area (Å²) < 4.78 is 41.6. The van der Waals surface area contributed by atoms with Crippen molar-refractivity contribution in [1.29, 1.82) is 5.26 Å². The Morgan fingerprint density at radius 3 is 2.16 bits per heavy atom. The van der Waals surface area contributed by atoms with Crippen molar-refractivity contribution in [1.82, 2.24) is 4.90 Å². The molecule has 172 valence electrons. The second-order valence-electron chi connectivity index (χ2n) is 9.10. The van der Waals surface area contributed by atoms with E-state index in [2.05, 4.69) is 23.1 Å². The van der Waals surface area contributed by atoms with E-state index in [4.69, 9.17) is 0 Å². The lowest BCUT2D eigenvalue weighted by Gasteiger charge is -2.39. The molecule has 0 spiro atoms. The van der Waals surface area contributed by atoms with Crippen LogP contribution in [0.25, 0.3) is 0 Å². The zero-order valence-corrected chi connectivity index (χ0v) is 18.9. The van der Waals surface area contributed by atoms with Crippen molar-refractivity contribution >= 4 is 0 Å². The van der Waals surface area contributed by atoms with E-state index in [0.717, 1.165) is 57.7 Å². The molecule has 0 bridgehead atoms. The molecule has 2 aromatic rings. The Morgan fingerprint density at radius 2 is 1.53 bits per heavy atom. The van der Waals surface area contributed by atoms with Crippen LogP contribution in [0.5, 0.6) is 0 Å². The maximum absolute atomic E-state index is 13.9. The Labute approximate surface area is 190 Å². The van der Waals surface area contributed by atoms with E-state index in [1.165, 1.54) is 11.6 Å². The van der Waals surface area contributed by atoms with Crippen LogP contribution < -0.4 is 0 Å². The number of alkyl halides is 3. The topological polar surface area (TPSA) is 27.0 Å². The molecule has 0 heterocycles. The van der Waals surface area contributed by atoms with Crippen LogP contribution in [0.3, 0.4) is 0 Å². The zero-order chi connectivity index (χ0) is 23.0. The maximum atomic E-state index is 13.9. The number of rotatable bonds is 9. The van der Waals surface area contributed by atoms with Gasteiger partial charge in [0.05, 0.1) is 17.0 Å². The van der Waals surface area contributed by atoms with Gasteiger partial charge in [0.2, 0.25) is 0 Å². The van der Waals surface area contributed by atoms with Gasteiger partial charge in [-0.25, -0.2) is 0 Å². The van der Waals surface area contributed by atoms with E-state index in [1.807, 2.05) is 25.2 Å². The monoisotopic (exact) mass is 442 g/mol. The minimum absolute atomic E-state index is 0.0284. The fourth-order valence-corrected chi connectivity index (χ4v) is 5.19. The van der Waals surface area contributed by atoms with Crippen LogP contribution in [0, 0.1) is 17.2 Å². The molecule has 0 N–H and O–H groups in total. The van der Waals surface area contributed by atoms with Gasteiger partial charge in [-0.3, -0.25) is 0 Å². The second kappa shape index (κ2) is 11.0. The molecule has 2 aromatic carbocycles. The summed E-state index contributed by atoms with van der Waals surface area (Å²) in [6.45, 7) is 1.64. The lowest BCUT2D eigenvalue weighted by Crippen LogP contribution is -2.38. The minimum Gasteiger partial charge on any atom is -0.306 e. The van der Waals surface area contributed by atoms with Crippen molar-refractivity contribution in [2.75, 3.05) is 20.1 Å². The molecule has 0 radical (unpaired) electrons. The van der Waals surface area contributed by atoms with Gasteiger partial charge in [0.25, 0.3) is 0 Å². The van der Waals surface area contributed by atoms with Crippen LogP contribution in [0.4, 0.5) is 13.2 Å². The van der Waals surface area contributed by atoms with Crippen molar-refractivity contribution in [3.8, 4) is 6.07 Å². The summed E-state index contributed by atoms with van der Waals surface area (Å²) in [4.78, 5) is 2.21. The normalized spacial score (nSPS) is 17.1. The number of hydrogen-bond donors (Lipinski definition) is 0. The van der Waals surface area contributed by atoms with E-state index in [1.54, 1.807) is 12.1 Å². The van der Waals surface area contributed by atoms with Gasteiger partial charge in [0.15, 0.2) is 0 Å². The van der Waals surface area contributed by atoms with Crippen molar-refractivity contribution in [2.45, 2.75) is 63.0 Å². The van der Waals surface area contributed by atoms with E-state index in [9.17, 15) is 18.4 Å². The van der Waals surface area contributed by atoms with Crippen LogP contribution in [0.2, 0.25) is 0 Å². The highest BCUT2D eigenvalue weighted by molar-refractivity contribution is 5.42. The average molecular weight is 443 g/mol. The second-order valence-corrected chi connectivity index (χ2v) is 9.10. The number of nitrogens with zero attached hydrogens (tertiary/aromatic N) is 2. The average Bonchev–Trinajstić information content (AvgIpc) is 2.81. The Balaban J connectivity index is 1.76. The molecule has 1 aliphatic carbocycles. The van der Waals surface area contributed by atoms with Crippen molar-refractivity contribution in [3.05, 3.63) is 71.3 Å². The molecule has 32 heavy (non-hydrogen) atoms. The van der Waals surface area contributed by atoms with Crippen LogP contribution in [0.15, 0.2) is 54.6 Å². The highest BCUT2D eigenvalue weighted by Gasteiger charge is 2.46.